The molecular weight excluding hydrogens is 242 g/mol. The predicted octanol–water partition coefficient (Wildman–Crippen LogP) is 3.47. The van der Waals surface area contributed by atoms with E-state index >= 15 is 0 Å². The Morgan fingerprint density at radius 2 is 1.89 bits per heavy atom. The smallest absolute Gasteiger partial charge is 0.0805 e. The fraction of sp³-hybridized carbons (Fsp3) is 0.600. The number of hydroxylamine groups is 1. The van der Waals surface area contributed by atoms with E-state index in [0.717, 1.165) is 12.5 Å². The van der Waals surface area contributed by atoms with E-state index in [1.54, 1.807) is 0 Å². The van der Waals surface area contributed by atoms with E-state index in [2.05, 4.69) is 61.9 Å². The lowest BCUT2D eigenvalue weighted by molar-refractivity contribution is 0.155. The van der Waals surface area contributed by atoms with Gasteiger partial charge in [0, 0.05) is 17.4 Å². The number of hydrogen-bond acceptors (Lipinski definition) is 3. The molecule has 0 N–H and O–H groups in total. The fourth-order valence-corrected chi connectivity index (χ4v) is 4.06. The molecule has 98 valence electrons. The molecule has 2 heterocycles. The van der Waals surface area contributed by atoms with E-state index in [4.69, 9.17) is 4.84 Å². The molecule has 1 aromatic rings. The molecule has 0 saturated carbocycles. The maximum Gasteiger partial charge on any atom is 0.0805 e. The molecule has 2 fully saturated rings. The second-order valence-corrected chi connectivity index (χ2v) is 7.36. The third-order valence-electron chi connectivity index (χ3n) is 3.88. The van der Waals surface area contributed by atoms with Gasteiger partial charge < -0.3 is 0 Å². The molecule has 0 spiro atoms. The van der Waals surface area contributed by atoms with Gasteiger partial charge in [0.2, 0.25) is 0 Å². The Kier molecular flexibility index (Phi) is 3.07. The van der Waals surface area contributed by atoms with Gasteiger partial charge in [0.15, 0.2) is 0 Å². The summed E-state index contributed by atoms with van der Waals surface area (Å²) < 4.78 is 0. The van der Waals surface area contributed by atoms with Gasteiger partial charge in [-0.2, -0.15) is 11.8 Å². The minimum Gasteiger partial charge on any atom is -0.273 e. The van der Waals surface area contributed by atoms with Crippen molar-refractivity contribution in [1.82, 2.24) is 0 Å². The quantitative estimate of drug-likeness (QED) is 0.770. The zero-order chi connectivity index (χ0) is 12.8. The molecule has 1 aromatic carbocycles. The summed E-state index contributed by atoms with van der Waals surface area (Å²) in [7, 11) is 0. The molecule has 2 aliphatic heterocycles. The molecule has 3 rings (SSSR count). The molecule has 0 amide bonds. The largest absolute Gasteiger partial charge is 0.273 e. The Morgan fingerprint density at radius 3 is 2.56 bits per heavy atom. The van der Waals surface area contributed by atoms with Gasteiger partial charge in [0.1, 0.15) is 0 Å². The van der Waals surface area contributed by atoms with Crippen LogP contribution in [0.1, 0.15) is 26.3 Å². The van der Waals surface area contributed by atoms with Gasteiger partial charge in [-0.15, -0.1) is 0 Å². The second-order valence-electron chi connectivity index (χ2n) is 6.28. The van der Waals surface area contributed by atoms with Gasteiger partial charge in [-0.1, -0.05) is 32.9 Å². The van der Waals surface area contributed by atoms with Crippen LogP contribution >= 0.6 is 11.8 Å². The molecule has 2 atom stereocenters. The SMILES string of the molecule is CC(C)(C)c1ccc(N2OC[C@H]3CSC[C@@H]32)cc1. The van der Waals surface area contributed by atoms with Gasteiger partial charge in [0.25, 0.3) is 0 Å². The third-order valence-corrected chi connectivity index (χ3v) is 5.12. The van der Waals surface area contributed by atoms with Crippen LogP contribution in [0.25, 0.3) is 0 Å². The summed E-state index contributed by atoms with van der Waals surface area (Å²) in [4.78, 5) is 5.85. The second kappa shape index (κ2) is 4.46. The first-order chi connectivity index (χ1) is 8.55. The molecule has 0 bridgehead atoms. The number of benzene rings is 1. The molecule has 2 aliphatic rings. The molecule has 0 aromatic heterocycles. The predicted molar refractivity (Wildman–Crippen MR) is 78.2 cm³/mol. The number of nitrogens with zero attached hydrogens (tertiary/aromatic N) is 1. The standard InChI is InChI=1S/C15H21NOS/c1-15(2,3)12-4-6-13(7-5-12)16-14-10-18-9-11(14)8-17-16/h4-7,11,14H,8-10H2,1-3H3/t11-,14-/m0/s1. The Morgan fingerprint density at radius 1 is 1.17 bits per heavy atom. The lowest BCUT2D eigenvalue weighted by atomic mass is 9.87. The minimum atomic E-state index is 0.218. The van der Waals surface area contributed by atoms with Crippen molar-refractivity contribution >= 4 is 17.4 Å². The van der Waals surface area contributed by atoms with Crippen LogP contribution in [-0.2, 0) is 10.3 Å². The highest BCUT2D eigenvalue weighted by Crippen LogP contribution is 2.37. The summed E-state index contributed by atoms with van der Waals surface area (Å²) in [5.74, 6) is 3.17. The summed E-state index contributed by atoms with van der Waals surface area (Å²) in [6.07, 6.45) is 0. The first kappa shape index (κ1) is 12.4. The maximum absolute atomic E-state index is 5.85. The lowest BCUT2D eigenvalue weighted by Crippen LogP contribution is -2.31. The molecular formula is C15H21NOS. The van der Waals surface area contributed by atoms with Crippen LogP contribution in [0.4, 0.5) is 5.69 Å². The van der Waals surface area contributed by atoms with Crippen molar-refractivity contribution in [1.29, 1.82) is 0 Å². The van der Waals surface area contributed by atoms with Gasteiger partial charge in [-0.05, 0) is 23.1 Å². The normalized spacial score (nSPS) is 27.6. The molecule has 3 heteroatoms. The number of anilines is 1. The highest BCUT2D eigenvalue weighted by atomic mass is 32.2. The summed E-state index contributed by atoms with van der Waals surface area (Å²) in [5.41, 5.74) is 2.80. The van der Waals surface area contributed by atoms with E-state index in [9.17, 15) is 0 Å². The van der Waals surface area contributed by atoms with Crippen LogP contribution in [-0.4, -0.2) is 24.2 Å². The van der Waals surface area contributed by atoms with Crippen LogP contribution in [0.3, 0.4) is 0 Å². The Bertz CT molecular complexity index is 423. The maximum atomic E-state index is 5.85. The third kappa shape index (κ3) is 2.14. The zero-order valence-electron chi connectivity index (χ0n) is 11.3. The zero-order valence-corrected chi connectivity index (χ0v) is 12.2. The van der Waals surface area contributed by atoms with Crippen molar-refractivity contribution in [3.63, 3.8) is 0 Å². The molecule has 0 unspecified atom stereocenters. The monoisotopic (exact) mass is 263 g/mol. The minimum absolute atomic E-state index is 0.218. The highest BCUT2D eigenvalue weighted by molar-refractivity contribution is 7.99. The molecule has 2 saturated heterocycles. The van der Waals surface area contributed by atoms with E-state index < -0.39 is 0 Å². The fourth-order valence-electron chi connectivity index (χ4n) is 2.65. The topological polar surface area (TPSA) is 12.5 Å². The summed E-state index contributed by atoms with van der Waals surface area (Å²) in [5, 5.41) is 2.14. The van der Waals surface area contributed by atoms with Crippen LogP contribution in [0.5, 0.6) is 0 Å². The average molecular weight is 263 g/mol. The van der Waals surface area contributed by atoms with E-state index in [-0.39, 0.29) is 5.41 Å². The van der Waals surface area contributed by atoms with Crippen molar-refractivity contribution < 1.29 is 4.84 Å². The van der Waals surface area contributed by atoms with Crippen molar-refractivity contribution in [2.75, 3.05) is 23.2 Å². The number of rotatable bonds is 1. The average Bonchev–Trinajstić information content (AvgIpc) is 2.89. The molecule has 2 nitrogen and oxygen atoms in total. The Hall–Kier alpha value is -0.670. The van der Waals surface area contributed by atoms with Gasteiger partial charge >= 0.3 is 0 Å². The van der Waals surface area contributed by atoms with Gasteiger partial charge in [-0.25, -0.2) is 5.06 Å². The number of hydrogen-bond donors (Lipinski definition) is 0. The summed E-state index contributed by atoms with van der Waals surface area (Å²) in [6.45, 7) is 7.63. The molecule has 0 aliphatic carbocycles. The van der Waals surface area contributed by atoms with E-state index in [1.807, 2.05) is 0 Å². The number of fused-ring (bicyclic) bond motifs is 1. The van der Waals surface area contributed by atoms with Crippen molar-refractivity contribution in [3.05, 3.63) is 29.8 Å². The molecule has 18 heavy (non-hydrogen) atoms. The van der Waals surface area contributed by atoms with Gasteiger partial charge in [0.05, 0.1) is 18.3 Å². The van der Waals surface area contributed by atoms with Crippen LogP contribution < -0.4 is 5.06 Å². The highest BCUT2D eigenvalue weighted by Gasteiger charge is 2.39. The first-order valence-corrected chi connectivity index (χ1v) is 7.81. The van der Waals surface area contributed by atoms with Crippen LogP contribution in [0, 0.1) is 5.92 Å². The van der Waals surface area contributed by atoms with Crippen LogP contribution in [0.2, 0.25) is 0 Å². The van der Waals surface area contributed by atoms with E-state index in [1.165, 1.54) is 22.8 Å². The molecule has 0 radical (unpaired) electrons. The van der Waals surface area contributed by atoms with Crippen molar-refractivity contribution in [2.45, 2.75) is 32.2 Å². The summed E-state index contributed by atoms with van der Waals surface area (Å²) in [6, 6.07) is 9.44. The Balaban J connectivity index is 1.81. The lowest BCUT2D eigenvalue weighted by Gasteiger charge is -2.25. The Labute approximate surface area is 114 Å². The first-order valence-electron chi connectivity index (χ1n) is 6.66. The van der Waals surface area contributed by atoms with Crippen molar-refractivity contribution in [2.24, 2.45) is 5.92 Å². The van der Waals surface area contributed by atoms with Gasteiger partial charge in [-0.3, -0.25) is 4.84 Å². The van der Waals surface area contributed by atoms with Crippen molar-refractivity contribution in [3.8, 4) is 0 Å². The van der Waals surface area contributed by atoms with E-state index in [0.29, 0.717) is 6.04 Å². The number of thioether (sulfide) groups is 1. The summed E-state index contributed by atoms with van der Waals surface area (Å²) >= 11 is 2.05. The van der Waals surface area contributed by atoms with Crippen LogP contribution in [0.15, 0.2) is 24.3 Å².